The SMILES string of the molecule is CC1COCCN1c1cc(C(N)=O)c2n[nH]c(-c3ccn[nH]3)c2n1. The van der Waals surface area contributed by atoms with Crippen LogP contribution in [0.15, 0.2) is 18.3 Å². The highest BCUT2D eigenvalue weighted by Crippen LogP contribution is 2.29. The molecule has 1 atom stereocenters. The quantitative estimate of drug-likeness (QED) is 0.649. The van der Waals surface area contributed by atoms with E-state index in [9.17, 15) is 4.79 Å². The van der Waals surface area contributed by atoms with Crippen LogP contribution in [0.1, 0.15) is 17.3 Å². The van der Waals surface area contributed by atoms with Crippen molar-refractivity contribution < 1.29 is 9.53 Å². The summed E-state index contributed by atoms with van der Waals surface area (Å²) in [5, 5.41) is 14.0. The number of aromatic nitrogens is 5. The Morgan fingerprint density at radius 1 is 1.42 bits per heavy atom. The summed E-state index contributed by atoms with van der Waals surface area (Å²) in [7, 11) is 0. The average Bonchev–Trinajstić information content (AvgIpc) is 3.23. The summed E-state index contributed by atoms with van der Waals surface area (Å²) in [5.74, 6) is 0.154. The highest BCUT2D eigenvalue weighted by atomic mass is 16.5. The minimum absolute atomic E-state index is 0.159. The van der Waals surface area contributed by atoms with Gasteiger partial charge in [-0.2, -0.15) is 10.2 Å². The summed E-state index contributed by atoms with van der Waals surface area (Å²) >= 11 is 0. The Balaban J connectivity index is 1.92. The second kappa shape index (κ2) is 5.60. The summed E-state index contributed by atoms with van der Waals surface area (Å²) in [5.41, 5.74) is 8.36. The second-order valence-corrected chi connectivity index (χ2v) is 5.78. The van der Waals surface area contributed by atoms with Crippen LogP contribution in [0.2, 0.25) is 0 Å². The number of primary amides is 1. The van der Waals surface area contributed by atoms with Crippen molar-refractivity contribution in [2.24, 2.45) is 5.73 Å². The number of carbonyl (C=O) groups excluding carboxylic acids is 1. The van der Waals surface area contributed by atoms with Crippen molar-refractivity contribution in [3.8, 4) is 11.4 Å². The van der Waals surface area contributed by atoms with Crippen molar-refractivity contribution in [3.05, 3.63) is 23.9 Å². The maximum absolute atomic E-state index is 11.9. The molecule has 3 aromatic rings. The molecule has 4 rings (SSSR count). The van der Waals surface area contributed by atoms with Crippen molar-refractivity contribution >= 4 is 22.8 Å². The van der Waals surface area contributed by atoms with Crippen LogP contribution in [-0.4, -0.2) is 57.1 Å². The molecule has 1 aliphatic heterocycles. The van der Waals surface area contributed by atoms with E-state index in [0.29, 0.717) is 47.9 Å². The van der Waals surface area contributed by atoms with E-state index in [2.05, 4.69) is 32.2 Å². The molecule has 0 bridgehead atoms. The number of ether oxygens (including phenoxy) is 1. The van der Waals surface area contributed by atoms with E-state index < -0.39 is 5.91 Å². The second-order valence-electron chi connectivity index (χ2n) is 5.78. The van der Waals surface area contributed by atoms with Gasteiger partial charge in [0.05, 0.1) is 30.5 Å². The average molecular weight is 327 g/mol. The molecule has 24 heavy (non-hydrogen) atoms. The first-order chi connectivity index (χ1) is 11.6. The first-order valence-corrected chi connectivity index (χ1v) is 7.68. The van der Waals surface area contributed by atoms with Crippen LogP contribution in [0.3, 0.4) is 0 Å². The van der Waals surface area contributed by atoms with E-state index in [4.69, 9.17) is 15.5 Å². The Labute approximate surface area is 137 Å². The van der Waals surface area contributed by atoms with Crippen molar-refractivity contribution in [2.45, 2.75) is 13.0 Å². The molecule has 0 radical (unpaired) electrons. The normalized spacial score (nSPS) is 18.2. The van der Waals surface area contributed by atoms with Gasteiger partial charge in [-0.15, -0.1) is 0 Å². The van der Waals surface area contributed by atoms with Gasteiger partial charge in [0, 0.05) is 12.7 Å². The summed E-state index contributed by atoms with van der Waals surface area (Å²) in [6.07, 6.45) is 1.64. The Morgan fingerprint density at radius 2 is 2.29 bits per heavy atom. The predicted molar refractivity (Wildman–Crippen MR) is 87.6 cm³/mol. The Kier molecular flexibility index (Phi) is 3.42. The van der Waals surface area contributed by atoms with Crippen LogP contribution in [0.4, 0.5) is 5.82 Å². The number of aromatic amines is 2. The number of nitrogens with one attached hydrogen (secondary N) is 2. The van der Waals surface area contributed by atoms with Crippen LogP contribution >= 0.6 is 0 Å². The monoisotopic (exact) mass is 327 g/mol. The highest BCUT2D eigenvalue weighted by Gasteiger charge is 2.24. The van der Waals surface area contributed by atoms with Crippen LogP contribution in [0.25, 0.3) is 22.4 Å². The van der Waals surface area contributed by atoms with Gasteiger partial charge < -0.3 is 15.4 Å². The molecule has 0 aromatic carbocycles. The number of amides is 1. The molecule has 1 saturated heterocycles. The summed E-state index contributed by atoms with van der Waals surface area (Å²) in [4.78, 5) is 18.7. The Morgan fingerprint density at radius 3 is 3.00 bits per heavy atom. The van der Waals surface area contributed by atoms with E-state index in [1.54, 1.807) is 12.3 Å². The fraction of sp³-hybridized carbons (Fsp3) is 0.333. The third kappa shape index (κ3) is 2.29. The van der Waals surface area contributed by atoms with Gasteiger partial charge in [0.1, 0.15) is 22.5 Å². The van der Waals surface area contributed by atoms with Crippen molar-refractivity contribution in [2.75, 3.05) is 24.7 Å². The zero-order valence-corrected chi connectivity index (χ0v) is 13.1. The van der Waals surface area contributed by atoms with E-state index in [1.165, 1.54) is 0 Å². The summed E-state index contributed by atoms with van der Waals surface area (Å²) < 4.78 is 5.47. The molecular formula is C15H17N7O2. The smallest absolute Gasteiger partial charge is 0.251 e. The molecule has 9 nitrogen and oxygen atoms in total. The number of anilines is 1. The molecule has 9 heteroatoms. The van der Waals surface area contributed by atoms with Crippen LogP contribution in [0, 0.1) is 0 Å². The van der Waals surface area contributed by atoms with Crippen molar-refractivity contribution in [1.82, 2.24) is 25.4 Å². The number of H-pyrrole nitrogens is 2. The van der Waals surface area contributed by atoms with E-state index in [1.807, 2.05) is 6.07 Å². The molecule has 1 unspecified atom stereocenters. The van der Waals surface area contributed by atoms with Gasteiger partial charge in [-0.1, -0.05) is 0 Å². The molecule has 4 heterocycles. The number of rotatable bonds is 3. The molecule has 0 aliphatic carbocycles. The molecule has 1 fully saturated rings. The Bertz CT molecular complexity index is 887. The molecular weight excluding hydrogens is 310 g/mol. The molecule has 4 N–H and O–H groups in total. The number of morpholine rings is 1. The van der Waals surface area contributed by atoms with Gasteiger partial charge >= 0.3 is 0 Å². The number of hydrogen-bond donors (Lipinski definition) is 3. The molecule has 0 saturated carbocycles. The Hall–Kier alpha value is -2.94. The van der Waals surface area contributed by atoms with Crippen LogP contribution in [-0.2, 0) is 4.74 Å². The lowest BCUT2D eigenvalue weighted by molar-refractivity contribution is 0.0984. The zero-order valence-electron chi connectivity index (χ0n) is 13.1. The predicted octanol–water partition coefficient (Wildman–Crippen LogP) is 0.672. The first-order valence-electron chi connectivity index (χ1n) is 7.68. The standard InChI is InChI=1S/C15H17N7O2/c1-8-7-24-5-4-22(8)11-6-9(15(16)23)12-14(18-11)13(21-20-12)10-2-3-17-19-10/h2-3,6,8H,4-5,7H2,1H3,(H2,16,23)(H,17,19)(H,20,21). The number of hydrogen-bond acceptors (Lipinski definition) is 6. The van der Waals surface area contributed by atoms with Gasteiger partial charge in [-0.3, -0.25) is 15.0 Å². The van der Waals surface area contributed by atoms with Gasteiger partial charge in [0.15, 0.2) is 0 Å². The molecule has 0 spiro atoms. The van der Waals surface area contributed by atoms with Crippen LogP contribution < -0.4 is 10.6 Å². The maximum Gasteiger partial charge on any atom is 0.251 e. The lowest BCUT2D eigenvalue weighted by atomic mass is 10.1. The number of nitrogens with zero attached hydrogens (tertiary/aromatic N) is 4. The summed E-state index contributed by atoms with van der Waals surface area (Å²) in [6.45, 7) is 3.99. The fourth-order valence-corrected chi connectivity index (χ4v) is 2.96. The fourth-order valence-electron chi connectivity index (χ4n) is 2.96. The number of pyridine rings is 1. The zero-order chi connectivity index (χ0) is 16.7. The van der Waals surface area contributed by atoms with Gasteiger partial charge in [-0.05, 0) is 19.1 Å². The van der Waals surface area contributed by atoms with Crippen LogP contribution in [0.5, 0.6) is 0 Å². The maximum atomic E-state index is 11.9. The third-order valence-corrected chi connectivity index (χ3v) is 4.19. The van der Waals surface area contributed by atoms with E-state index in [-0.39, 0.29) is 6.04 Å². The highest BCUT2D eigenvalue weighted by molar-refractivity contribution is 6.07. The topological polar surface area (TPSA) is 126 Å². The summed E-state index contributed by atoms with van der Waals surface area (Å²) in [6, 6.07) is 3.67. The first kappa shape index (κ1) is 14.6. The van der Waals surface area contributed by atoms with Gasteiger partial charge in [-0.25, -0.2) is 4.98 Å². The molecule has 124 valence electrons. The van der Waals surface area contributed by atoms with Gasteiger partial charge in [0.2, 0.25) is 0 Å². The number of nitrogens with two attached hydrogens (primary N) is 1. The number of fused-ring (bicyclic) bond motifs is 1. The lowest BCUT2D eigenvalue weighted by Crippen LogP contribution is -2.44. The van der Waals surface area contributed by atoms with Crippen molar-refractivity contribution in [3.63, 3.8) is 0 Å². The molecule has 1 aliphatic rings. The van der Waals surface area contributed by atoms with Gasteiger partial charge in [0.25, 0.3) is 5.91 Å². The largest absolute Gasteiger partial charge is 0.377 e. The molecule has 1 amide bonds. The molecule has 3 aromatic heterocycles. The van der Waals surface area contributed by atoms with Crippen molar-refractivity contribution in [1.29, 1.82) is 0 Å². The van der Waals surface area contributed by atoms with E-state index >= 15 is 0 Å². The minimum Gasteiger partial charge on any atom is -0.377 e. The lowest BCUT2D eigenvalue weighted by Gasteiger charge is -2.34. The number of carbonyl (C=O) groups is 1. The minimum atomic E-state index is -0.535. The van der Waals surface area contributed by atoms with E-state index in [0.717, 1.165) is 5.69 Å². The third-order valence-electron chi connectivity index (χ3n) is 4.19.